The molecule has 20 heavy (non-hydrogen) atoms. The maximum absolute atomic E-state index is 13.4. The Morgan fingerprint density at radius 1 is 1.15 bits per heavy atom. The van der Waals surface area contributed by atoms with Crippen LogP contribution >= 0.6 is 0 Å². The van der Waals surface area contributed by atoms with Crippen LogP contribution in [-0.2, 0) is 14.3 Å². The molecular weight excluding hydrogens is 270 g/mol. The number of hydrogen-bond acceptors (Lipinski definition) is 3. The van der Waals surface area contributed by atoms with Crippen molar-refractivity contribution in [3.63, 3.8) is 0 Å². The number of alkyl halides is 2. The fourth-order valence-electron chi connectivity index (χ4n) is 2.24. The number of halogens is 2. The topological polar surface area (TPSA) is 63.6 Å². The van der Waals surface area contributed by atoms with Gasteiger partial charge in [0.25, 0.3) is 0 Å². The second-order valence-electron chi connectivity index (χ2n) is 6.85. The van der Waals surface area contributed by atoms with Gasteiger partial charge in [0.15, 0.2) is 6.10 Å². The number of carbonyl (C=O) groups is 2. The van der Waals surface area contributed by atoms with Crippen LogP contribution in [0.3, 0.4) is 0 Å². The maximum atomic E-state index is 13.4. The number of carboxylic acids is 1. The second kappa shape index (κ2) is 6.06. The van der Waals surface area contributed by atoms with E-state index in [-0.39, 0.29) is 11.8 Å². The van der Waals surface area contributed by atoms with Crippen LogP contribution in [0.4, 0.5) is 8.78 Å². The molecular formula is C14H24F2O4. The third-order valence-electron chi connectivity index (χ3n) is 2.83. The normalized spacial score (nSPS) is 14.8. The predicted molar refractivity (Wildman–Crippen MR) is 70.6 cm³/mol. The summed E-state index contributed by atoms with van der Waals surface area (Å²) in [6.45, 7) is 10.3. The lowest BCUT2D eigenvalue weighted by Crippen LogP contribution is -2.46. The van der Waals surface area contributed by atoms with Gasteiger partial charge in [0.05, 0.1) is 5.41 Å². The van der Waals surface area contributed by atoms with Gasteiger partial charge in [-0.05, 0) is 32.1 Å². The van der Waals surface area contributed by atoms with Crippen molar-refractivity contribution in [3.8, 4) is 0 Å². The summed E-state index contributed by atoms with van der Waals surface area (Å²) >= 11 is 0. The highest BCUT2D eigenvalue weighted by Gasteiger charge is 2.50. The average molecular weight is 294 g/mol. The van der Waals surface area contributed by atoms with Crippen molar-refractivity contribution < 1.29 is 28.2 Å². The lowest BCUT2D eigenvalue weighted by molar-refractivity contribution is -0.198. The van der Waals surface area contributed by atoms with E-state index in [0.717, 1.165) is 0 Å². The van der Waals surface area contributed by atoms with Crippen LogP contribution in [0.25, 0.3) is 0 Å². The van der Waals surface area contributed by atoms with E-state index in [0.29, 0.717) is 6.42 Å². The summed E-state index contributed by atoms with van der Waals surface area (Å²) in [6, 6.07) is 0. The largest absolute Gasteiger partial charge is 0.477 e. The van der Waals surface area contributed by atoms with Gasteiger partial charge in [-0.2, -0.15) is 8.78 Å². The molecule has 1 N–H and O–H groups in total. The van der Waals surface area contributed by atoms with Crippen LogP contribution in [-0.4, -0.2) is 29.1 Å². The summed E-state index contributed by atoms with van der Waals surface area (Å²) in [5, 5.41) is 8.50. The van der Waals surface area contributed by atoms with Crippen LogP contribution in [0, 0.1) is 10.8 Å². The van der Waals surface area contributed by atoms with E-state index in [9.17, 15) is 18.4 Å². The minimum absolute atomic E-state index is 0.181. The van der Waals surface area contributed by atoms with Gasteiger partial charge in [0.1, 0.15) is 0 Å². The van der Waals surface area contributed by atoms with E-state index in [4.69, 9.17) is 9.84 Å². The van der Waals surface area contributed by atoms with E-state index in [1.54, 1.807) is 13.8 Å². The zero-order chi connectivity index (χ0) is 16.4. The predicted octanol–water partition coefficient (Wildman–Crippen LogP) is 3.49. The summed E-state index contributed by atoms with van der Waals surface area (Å²) in [5.41, 5.74) is -1.14. The fourth-order valence-corrected chi connectivity index (χ4v) is 2.24. The summed E-state index contributed by atoms with van der Waals surface area (Å²) < 4.78 is 31.6. The number of esters is 1. The minimum Gasteiger partial charge on any atom is -0.477 e. The standard InChI is InChI=1S/C14H24F2O4/c1-7-9(14(15,16)10(17)18)20-11(19)13(5,6)8-12(2,3)4/h9H,7-8H2,1-6H3,(H,17,18). The molecule has 0 aliphatic heterocycles. The van der Waals surface area contributed by atoms with E-state index in [2.05, 4.69) is 0 Å². The Morgan fingerprint density at radius 3 is 1.90 bits per heavy atom. The smallest absolute Gasteiger partial charge is 0.378 e. The van der Waals surface area contributed by atoms with Gasteiger partial charge in [-0.25, -0.2) is 4.79 Å². The van der Waals surface area contributed by atoms with Crippen LogP contribution in [0.15, 0.2) is 0 Å². The molecule has 0 aliphatic rings. The Kier molecular flexibility index (Phi) is 5.69. The van der Waals surface area contributed by atoms with Gasteiger partial charge < -0.3 is 9.84 Å². The molecule has 0 heterocycles. The highest BCUT2D eigenvalue weighted by molar-refractivity contribution is 5.79. The number of ether oxygens (including phenoxy) is 1. The van der Waals surface area contributed by atoms with Crippen molar-refractivity contribution in [2.45, 2.75) is 66.4 Å². The zero-order valence-electron chi connectivity index (χ0n) is 12.9. The minimum atomic E-state index is -4.08. The Hall–Kier alpha value is -1.20. The van der Waals surface area contributed by atoms with Gasteiger partial charge >= 0.3 is 17.9 Å². The second-order valence-corrected chi connectivity index (χ2v) is 6.85. The molecule has 0 amide bonds. The number of carboxylic acid groups (broad SMARTS) is 1. The summed E-state index contributed by atoms with van der Waals surface area (Å²) in [5.74, 6) is -7.17. The summed E-state index contributed by atoms with van der Waals surface area (Å²) in [4.78, 5) is 22.6. The SMILES string of the molecule is CCC(OC(=O)C(C)(C)CC(C)(C)C)C(F)(F)C(=O)O. The molecule has 0 saturated carbocycles. The Balaban J connectivity index is 5.01. The van der Waals surface area contributed by atoms with Gasteiger partial charge in [-0.1, -0.05) is 27.7 Å². The Labute approximate surface area is 118 Å². The van der Waals surface area contributed by atoms with Crippen molar-refractivity contribution in [2.75, 3.05) is 0 Å². The summed E-state index contributed by atoms with van der Waals surface area (Å²) in [7, 11) is 0. The number of aliphatic carboxylic acids is 1. The van der Waals surface area contributed by atoms with Gasteiger partial charge in [0, 0.05) is 0 Å². The van der Waals surface area contributed by atoms with E-state index < -0.39 is 29.4 Å². The summed E-state index contributed by atoms with van der Waals surface area (Å²) in [6.07, 6.45) is -1.78. The third-order valence-corrected chi connectivity index (χ3v) is 2.83. The van der Waals surface area contributed by atoms with Crippen molar-refractivity contribution >= 4 is 11.9 Å². The first kappa shape index (κ1) is 18.8. The molecule has 0 aliphatic carbocycles. The Bertz CT molecular complexity index is 370. The monoisotopic (exact) mass is 294 g/mol. The van der Waals surface area contributed by atoms with Crippen LogP contribution in [0.1, 0.15) is 54.4 Å². The lowest BCUT2D eigenvalue weighted by Gasteiger charge is -2.32. The van der Waals surface area contributed by atoms with E-state index in [1.807, 2.05) is 20.8 Å². The first-order valence-corrected chi connectivity index (χ1v) is 6.56. The van der Waals surface area contributed by atoms with Crippen molar-refractivity contribution in [1.82, 2.24) is 0 Å². The molecule has 1 unspecified atom stereocenters. The molecule has 0 aromatic carbocycles. The van der Waals surface area contributed by atoms with Crippen molar-refractivity contribution in [1.29, 1.82) is 0 Å². The maximum Gasteiger partial charge on any atom is 0.378 e. The highest BCUT2D eigenvalue weighted by atomic mass is 19.3. The number of carbonyl (C=O) groups excluding carboxylic acids is 1. The first-order chi connectivity index (χ1) is 8.74. The third kappa shape index (κ3) is 5.06. The molecule has 4 nitrogen and oxygen atoms in total. The molecule has 0 fully saturated rings. The van der Waals surface area contributed by atoms with Crippen molar-refractivity contribution in [3.05, 3.63) is 0 Å². The van der Waals surface area contributed by atoms with Crippen LogP contribution in [0.2, 0.25) is 0 Å². The molecule has 0 radical (unpaired) electrons. The molecule has 0 saturated heterocycles. The molecule has 6 heteroatoms. The average Bonchev–Trinajstić information content (AvgIpc) is 2.21. The number of hydrogen-bond donors (Lipinski definition) is 1. The van der Waals surface area contributed by atoms with E-state index in [1.165, 1.54) is 6.92 Å². The van der Waals surface area contributed by atoms with Gasteiger partial charge in [0.2, 0.25) is 0 Å². The molecule has 118 valence electrons. The number of rotatable bonds is 6. The zero-order valence-corrected chi connectivity index (χ0v) is 12.9. The van der Waals surface area contributed by atoms with Crippen molar-refractivity contribution in [2.24, 2.45) is 10.8 Å². The van der Waals surface area contributed by atoms with Crippen LogP contribution < -0.4 is 0 Å². The first-order valence-electron chi connectivity index (χ1n) is 6.56. The van der Waals surface area contributed by atoms with Gasteiger partial charge in [-0.15, -0.1) is 0 Å². The quantitative estimate of drug-likeness (QED) is 0.762. The fraction of sp³-hybridized carbons (Fsp3) is 0.857. The lowest BCUT2D eigenvalue weighted by atomic mass is 9.76. The highest BCUT2D eigenvalue weighted by Crippen LogP contribution is 2.35. The molecule has 1 atom stereocenters. The molecule has 0 spiro atoms. The van der Waals surface area contributed by atoms with Crippen LogP contribution in [0.5, 0.6) is 0 Å². The molecule has 0 aromatic rings. The van der Waals surface area contributed by atoms with E-state index >= 15 is 0 Å². The molecule has 0 rings (SSSR count). The van der Waals surface area contributed by atoms with Gasteiger partial charge in [-0.3, -0.25) is 4.79 Å². The Morgan fingerprint density at radius 2 is 1.60 bits per heavy atom. The molecule has 0 aromatic heterocycles. The molecule has 0 bridgehead atoms.